The van der Waals surface area contributed by atoms with Crippen molar-refractivity contribution >= 4 is 5.97 Å². The third-order valence-electron chi connectivity index (χ3n) is 3.17. The Bertz CT molecular complexity index is 786. The first-order valence-electron chi connectivity index (χ1n) is 6.76. The molecule has 0 saturated carbocycles. The number of aromatic nitrogens is 1. The Morgan fingerprint density at radius 2 is 1.68 bits per heavy atom. The summed E-state index contributed by atoms with van der Waals surface area (Å²) in [4.78, 5) is 15.6. The summed E-state index contributed by atoms with van der Waals surface area (Å²) >= 11 is 0. The highest BCUT2D eigenvalue weighted by Crippen LogP contribution is 2.35. The Balaban J connectivity index is 2.14. The molecule has 1 N–H and O–H groups in total. The molecule has 4 nitrogen and oxygen atoms in total. The molecule has 1 heterocycles. The number of pyridine rings is 1. The predicted octanol–water partition coefficient (Wildman–Crippen LogP) is 4.24. The van der Waals surface area contributed by atoms with Gasteiger partial charge in [0.05, 0.1) is 0 Å². The SMILES string of the molecule is O=C(O)c1cccc(-c2ccccc2)c1Oc1ccccn1. The molecule has 0 radical (unpaired) electrons. The maximum atomic E-state index is 11.5. The highest BCUT2D eigenvalue weighted by molar-refractivity contribution is 5.94. The van der Waals surface area contributed by atoms with Crippen molar-refractivity contribution in [1.29, 1.82) is 0 Å². The average Bonchev–Trinajstić information content (AvgIpc) is 2.56. The molecule has 0 aliphatic heterocycles. The minimum absolute atomic E-state index is 0.104. The van der Waals surface area contributed by atoms with Gasteiger partial charge in [-0.15, -0.1) is 0 Å². The molecule has 108 valence electrons. The summed E-state index contributed by atoms with van der Waals surface area (Å²) in [7, 11) is 0. The van der Waals surface area contributed by atoms with Crippen LogP contribution in [0.4, 0.5) is 0 Å². The summed E-state index contributed by atoms with van der Waals surface area (Å²) in [6.07, 6.45) is 1.60. The number of aromatic carboxylic acids is 1. The van der Waals surface area contributed by atoms with Crippen molar-refractivity contribution in [2.24, 2.45) is 0 Å². The van der Waals surface area contributed by atoms with E-state index in [1.165, 1.54) is 6.07 Å². The highest BCUT2D eigenvalue weighted by Gasteiger charge is 2.17. The molecule has 4 heteroatoms. The van der Waals surface area contributed by atoms with Crippen LogP contribution in [0.2, 0.25) is 0 Å². The van der Waals surface area contributed by atoms with Gasteiger partial charge in [0, 0.05) is 17.8 Å². The number of rotatable bonds is 4. The smallest absolute Gasteiger partial charge is 0.339 e. The second kappa shape index (κ2) is 6.10. The number of ether oxygens (including phenoxy) is 1. The van der Waals surface area contributed by atoms with E-state index in [2.05, 4.69) is 4.98 Å². The van der Waals surface area contributed by atoms with Crippen LogP contribution in [0.25, 0.3) is 11.1 Å². The van der Waals surface area contributed by atoms with Gasteiger partial charge in [0.2, 0.25) is 5.88 Å². The molecular formula is C18H13NO3. The molecule has 2 aromatic carbocycles. The van der Waals surface area contributed by atoms with Gasteiger partial charge in [-0.1, -0.05) is 48.5 Å². The van der Waals surface area contributed by atoms with E-state index in [0.717, 1.165) is 5.56 Å². The Kier molecular flexibility index (Phi) is 3.83. The molecule has 3 rings (SSSR count). The summed E-state index contributed by atoms with van der Waals surface area (Å²) in [5, 5.41) is 9.41. The topological polar surface area (TPSA) is 59.4 Å². The zero-order valence-corrected chi connectivity index (χ0v) is 11.6. The van der Waals surface area contributed by atoms with E-state index in [0.29, 0.717) is 17.2 Å². The second-order valence-electron chi connectivity index (χ2n) is 4.62. The van der Waals surface area contributed by atoms with Gasteiger partial charge in [0.25, 0.3) is 0 Å². The van der Waals surface area contributed by atoms with Gasteiger partial charge in [-0.3, -0.25) is 0 Å². The van der Waals surface area contributed by atoms with E-state index in [1.54, 1.807) is 30.5 Å². The lowest BCUT2D eigenvalue weighted by atomic mass is 10.0. The normalized spacial score (nSPS) is 10.2. The summed E-state index contributed by atoms with van der Waals surface area (Å²) in [5.41, 5.74) is 1.70. The molecule has 1 aromatic heterocycles. The molecule has 0 aliphatic carbocycles. The molecule has 0 spiro atoms. The van der Waals surface area contributed by atoms with Crippen LogP contribution in [0.1, 0.15) is 10.4 Å². The molecule has 3 aromatic rings. The van der Waals surface area contributed by atoms with E-state index in [9.17, 15) is 9.90 Å². The fraction of sp³-hybridized carbons (Fsp3) is 0. The maximum absolute atomic E-state index is 11.5. The number of carbonyl (C=O) groups is 1. The maximum Gasteiger partial charge on any atom is 0.339 e. The first-order valence-corrected chi connectivity index (χ1v) is 6.76. The number of hydrogen-bond donors (Lipinski definition) is 1. The van der Waals surface area contributed by atoms with Crippen molar-refractivity contribution in [2.45, 2.75) is 0 Å². The number of carboxylic acids is 1. The molecule has 0 bridgehead atoms. The first kappa shape index (κ1) is 13.8. The minimum atomic E-state index is -1.04. The number of para-hydroxylation sites is 1. The lowest BCUT2D eigenvalue weighted by molar-refractivity contribution is 0.0694. The van der Waals surface area contributed by atoms with Crippen LogP contribution in [-0.4, -0.2) is 16.1 Å². The summed E-state index contributed by atoms with van der Waals surface area (Å²) in [5.74, 6) is -0.392. The van der Waals surface area contributed by atoms with E-state index in [4.69, 9.17) is 4.74 Å². The molecule has 0 aliphatic rings. The van der Waals surface area contributed by atoms with Crippen LogP contribution >= 0.6 is 0 Å². The summed E-state index contributed by atoms with van der Waals surface area (Å²) in [6.45, 7) is 0. The molecule has 22 heavy (non-hydrogen) atoms. The lowest BCUT2D eigenvalue weighted by Crippen LogP contribution is -2.02. The largest absolute Gasteiger partial charge is 0.478 e. The molecular weight excluding hydrogens is 278 g/mol. The zero-order valence-electron chi connectivity index (χ0n) is 11.6. The summed E-state index contributed by atoms with van der Waals surface area (Å²) < 4.78 is 5.76. The van der Waals surface area contributed by atoms with Gasteiger partial charge < -0.3 is 9.84 Å². The summed E-state index contributed by atoms with van der Waals surface area (Å²) in [6, 6.07) is 19.8. The van der Waals surface area contributed by atoms with Crippen molar-refractivity contribution in [3.05, 3.63) is 78.5 Å². The number of carboxylic acid groups (broad SMARTS) is 1. The van der Waals surface area contributed by atoms with Crippen LogP contribution in [-0.2, 0) is 0 Å². The molecule has 0 fully saturated rings. The van der Waals surface area contributed by atoms with Crippen molar-refractivity contribution in [1.82, 2.24) is 4.98 Å². The Hall–Kier alpha value is -3.14. The number of nitrogens with zero attached hydrogens (tertiary/aromatic N) is 1. The Morgan fingerprint density at radius 1 is 0.909 bits per heavy atom. The standard InChI is InChI=1S/C18H13NO3/c20-18(21)15-10-6-9-14(13-7-2-1-3-8-13)17(15)22-16-11-4-5-12-19-16/h1-12H,(H,20,21). The Labute approximate surface area is 127 Å². The molecule has 0 atom stereocenters. The van der Waals surface area contributed by atoms with E-state index >= 15 is 0 Å². The van der Waals surface area contributed by atoms with Crippen molar-refractivity contribution in [2.75, 3.05) is 0 Å². The van der Waals surface area contributed by atoms with Crippen molar-refractivity contribution in [3.63, 3.8) is 0 Å². The van der Waals surface area contributed by atoms with Crippen molar-refractivity contribution < 1.29 is 14.6 Å². The van der Waals surface area contributed by atoms with E-state index in [-0.39, 0.29) is 5.56 Å². The van der Waals surface area contributed by atoms with E-state index in [1.807, 2.05) is 36.4 Å². The fourth-order valence-electron chi connectivity index (χ4n) is 2.17. The monoisotopic (exact) mass is 291 g/mol. The Morgan fingerprint density at radius 3 is 2.36 bits per heavy atom. The van der Waals surface area contributed by atoms with Crippen LogP contribution in [0.3, 0.4) is 0 Å². The van der Waals surface area contributed by atoms with Crippen LogP contribution < -0.4 is 4.74 Å². The van der Waals surface area contributed by atoms with Crippen LogP contribution in [0, 0.1) is 0 Å². The highest BCUT2D eigenvalue weighted by atomic mass is 16.5. The van der Waals surface area contributed by atoms with Crippen LogP contribution in [0.15, 0.2) is 72.9 Å². The van der Waals surface area contributed by atoms with Gasteiger partial charge in [-0.25, -0.2) is 9.78 Å². The van der Waals surface area contributed by atoms with Crippen LogP contribution in [0.5, 0.6) is 11.6 Å². The van der Waals surface area contributed by atoms with Crippen molar-refractivity contribution in [3.8, 4) is 22.8 Å². The number of hydrogen-bond acceptors (Lipinski definition) is 3. The molecule has 0 unspecified atom stereocenters. The third-order valence-corrected chi connectivity index (χ3v) is 3.17. The fourth-order valence-corrected chi connectivity index (χ4v) is 2.17. The minimum Gasteiger partial charge on any atom is -0.478 e. The van der Waals surface area contributed by atoms with Gasteiger partial charge >= 0.3 is 5.97 Å². The van der Waals surface area contributed by atoms with Gasteiger partial charge in [-0.2, -0.15) is 0 Å². The molecule has 0 saturated heterocycles. The number of benzene rings is 2. The quantitative estimate of drug-likeness (QED) is 0.781. The predicted molar refractivity (Wildman–Crippen MR) is 83.1 cm³/mol. The van der Waals surface area contributed by atoms with Gasteiger partial charge in [0.15, 0.2) is 5.75 Å². The van der Waals surface area contributed by atoms with Gasteiger partial charge in [-0.05, 0) is 17.7 Å². The second-order valence-corrected chi connectivity index (χ2v) is 4.62. The zero-order chi connectivity index (χ0) is 15.4. The third kappa shape index (κ3) is 2.81. The van der Waals surface area contributed by atoms with E-state index < -0.39 is 5.97 Å². The average molecular weight is 291 g/mol. The first-order chi connectivity index (χ1) is 10.8. The molecule has 0 amide bonds. The lowest BCUT2D eigenvalue weighted by Gasteiger charge is -2.13. The van der Waals surface area contributed by atoms with Gasteiger partial charge in [0.1, 0.15) is 5.56 Å².